The Hall–Kier alpha value is -2.69. The highest BCUT2D eigenvalue weighted by Crippen LogP contribution is 2.25. The molecule has 0 aliphatic heterocycles. The fraction of sp³-hybridized carbons (Fsp3) is 0.0667. The Morgan fingerprint density at radius 1 is 1.10 bits per heavy atom. The molecule has 0 radical (unpaired) electrons. The minimum atomic E-state index is -0.395. The maximum Gasteiger partial charge on any atom is 0.261 e. The molecule has 0 fully saturated rings. The van der Waals surface area contributed by atoms with Crippen molar-refractivity contribution in [2.45, 2.75) is 0 Å². The summed E-state index contributed by atoms with van der Waals surface area (Å²) in [6.07, 6.45) is 0. The minimum Gasteiger partial charge on any atom is -0.497 e. The van der Waals surface area contributed by atoms with E-state index in [1.165, 1.54) is 6.07 Å². The van der Waals surface area contributed by atoms with E-state index in [1.807, 2.05) is 18.2 Å². The average molecular weight is 270 g/mol. The van der Waals surface area contributed by atoms with Crippen LogP contribution >= 0.6 is 0 Å². The molecular formula is C15H11FN2O2. The predicted octanol–water partition coefficient (Wildman–Crippen LogP) is 3.55. The van der Waals surface area contributed by atoms with Crippen molar-refractivity contribution in [3.8, 4) is 28.6 Å². The second-order valence-electron chi connectivity index (χ2n) is 4.13. The number of rotatable bonds is 3. The molecule has 0 unspecified atom stereocenters. The lowest BCUT2D eigenvalue weighted by molar-refractivity contribution is 0.414. The van der Waals surface area contributed by atoms with Gasteiger partial charge in [-0.2, -0.15) is 4.98 Å². The van der Waals surface area contributed by atoms with Crippen molar-refractivity contribution in [1.29, 1.82) is 0 Å². The Bertz CT molecular complexity index is 740. The Morgan fingerprint density at radius 3 is 2.75 bits per heavy atom. The topological polar surface area (TPSA) is 48.2 Å². The number of ether oxygens (including phenoxy) is 1. The quantitative estimate of drug-likeness (QED) is 0.730. The van der Waals surface area contributed by atoms with Crippen LogP contribution < -0.4 is 4.74 Å². The highest BCUT2D eigenvalue weighted by atomic mass is 19.1. The molecule has 20 heavy (non-hydrogen) atoms. The first-order valence-corrected chi connectivity index (χ1v) is 6.01. The van der Waals surface area contributed by atoms with Crippen molar-refractivity contribution >= 4 is 0 Å². The summed E-state index contributed by atoms with van der Waals surface area (Å²) >= 11 is 0. The van der Waals surface area contributed by atoms with Gasteiger partial charge in [0.25, 0.3) is 5.89 Å². The third-order valence-electron chi connectivity index (χ3n) is 2.86. The SMILES string of the molecule is COc1cccc(-c2noc(-c3ccccc3F)n2)c1. The Kier molecular flexibility index (Phi) is 3.16. The first-order valence-electron chi connectivity index (χ1n) is 6.01. The van der Waals surface area contributed by atoms with Crippen LogP contribution in [0.1, 0.15) is 0 Å². The molecule has 0 saturated heterocycles. The van der Waals surface area contributed by atoms with Gasteiger partial charge in [0.1, 0.15) is 11.6 Å². The van der Waals surface area contributed by atoms with Gasteiger partial charge in [0.15, 0.2) is 0 Å². The van der Waals surface area contributed by atoms with Crippen LogP contribution in [0.25, 0.3) is 22.8 Å². The maximum absolute atomic E-state index is 13.7. The number of benzene rings is 2. The number of halogens is 1. The van der Waals surface area contributed by atoms with E-state index in [4.69, 9.17) is 9.26 Å². The van der Waals surface area contributed by atoms with Crippen molar-refractivity contribution in [3.63, 3.8) is 0 Å². The molecule has 1 aromatic heterocycles. The Labute approximate surface area is 114 Å². The molecule has 0 N–H and O–H groups in total. The van der Waals surface area contributed by atoms with Gasteiger partial charge in [0, 0.05) is 5.56 Å². The van der Waals surface area contributed by atoms with E-state index >= 15 is 0 Å². The highest BCUT2D eigenvalue weighted by molar-refractivity contribution is 5.61. The van der Waals surface area contributed by atoms with Gasteiger partial charge in [-0.1, -0.05) is 29.4 Å². The van der Waals surface area contributed by atoms with Gasteiger partial charge in [0.2, 0.25) is 5.82 Å². The first kappa shape index (κ1) is 12.3. The fourth-order valence-electron chi connectivity index (χ4n) is 1.85. The van der Waals surface area contributed by atoms with Crippen molar-refractivity contribution in [2.24, 2.45) is 0 Å². The standard InChI is InChI=1S/C15H11FN2O2/c1-19-11-6-4-5-10(9-11)14-17-15(20-18-14)12-7-2-3-8-13(12)16/h2-9H,1H3. The van der Waals surface area contributed by atoms with Crippen LogP contribution in [0.15, 0.2) is 53.1 Å². The molecule has 0 aliphatic rings. The molecule has 100 valence electrons. The van der Waals surface area contributed by atoms with Crippen molar-refractivity contribution in [2.75, 3.05) is 7.11 Å². The average Bonchev–Trinajstić information content (AvgIpc) is 2.97. The summed E-state index contributed by atoms with van der Waals surface area (Å²) in [5.74, 6) is 0.844. The van der Waals surface area contributed by atoms with E-state index in [0.29, 0.717) is 11.6 Å². The molecule has 0 bridgehead atoms. The number of nitrogens with zero attached hydrogens (tertiary/aromatic N) is 2. The van der Waals surface area contributed by atoms with E-state index < -0.39 is 5.82 Å². The summed E-state index contributed by atoms with van der Waals surface area (Å²) < 4.78 is 23.9. The largest absolute Gasteiger partial charge is 0.497 e. The van der Waals surface area contributed by atoms with Crippen LogP contribution in [0.4, 0.5) is 4.39 Å². The molecule has 0 amide bonds. The van der Waals surface area contributed by atoms with Crippen LogP contribution in [0.3, 0.4) is 0 Å². The molecule has 0 aliphatic carbocycles. The lowest BCUT2D eigenvalue weighted by atomic mass is 10.2. The molecule has 1 heterocycles. The molecule has 2 aromatic carbocycles. The normalized spacial score (nSPS) is 10.5. The second kappa shape index (κ2) is 5.13. The van der Waals surface area contributed by atoms with Crippen LogP contribution in [-0.4, -0.2) is 17.3 Å². The number of aromatic nitrogens is 2. The van der Waals surface area contributed by atoms with Crippen molar-refractivity contribution in [1.82, 2.24) is 10.1 Å². The van der Waals surface area contributed by atoms with Crippen molar-refractivity contribution in [3.05, 3.63) is 54.3 Å². The van der Waals surface area contributed by atoms with E-state index in [-0.39, 0.29) is 11.5 Å². The van der Waals surface area contributed by atoms with Gasteiger partial charge >= 0.3 is 0 Å². The summed E-state index contributed by atoms with van der Waals surface area (Å²) in [4.78, 5) is 4.21. The molecule has 3 aromatic rings. The number of methoxy groups -OCH3 is 1. The zero-order chi connectivity index (χ0) is 13.9. The molecule has 0 saturated carbocycles. The van der Waals surface area contributed by atoms with Crippen LogP contribution in [0, 0.1) is 5.82 Å². The first-order chi connectivity index (χ1) is 9.78. The number of hydrogen-bond donors (Lipinski definition) is 0. The lowest BCUT2D eigenvalue weighted by Gasteiger charge is -1.99. The monoisotopic (exact) mass is 270 g/mol. The number of hydrogen-bond acceptors (Lipinski definition) is 4. The zero-order valence-corrected chi connectivity index (χ0v) is 10.7. The molecule has 0 atom stereocenters. The van der Waals surface area contributed by atoms with E-state index in [9.17, 15) is 4.39 Å². The van der Waals surface area contributed by atoms with E-state index in [1.54, 1.807) is 31.4 Å². The smallest absolute Gasteiger partial charge is 0.261 e. The molecule has 4 nitrogen and oxygen atoms in total. The van der Waals surface area contributed by atoms with Gasteiger partial charge in [-0.3, -0.25) is 0 Å². The summed E-state index contributed by atoms with van der Waals surface area (Å²) in [5, 5.41) is 3.87. The van der Waals surface area contributed by atoms with Gasteiger partial charge in [-0.05, 0) is 24.3 Å². The van der Waals surface area contributed by atoms with E-state index in [0.717, 1.165) is 5.56 Å². The predicted molar refractivity (Wildman–Crippen MR) is 71.7 cm³/mol. The zero-order valence-electron chi connectivity index (χ0n) is 10.7. The molecule has 5 heteroatoms. The molecule has 3 rings (SSSR count). The molecular weight excluding hydrogens is 259 g/mol. The lowest BCUT2D eigenvalue weighted by Crippen LogP contribution is -1.86. The third-order valence-corrected chi connectivity index (χ3v) is 2.86. The highest BCUT2D eigenvalue weighted by Gasteiger charge is 2.14. The third kappa shape index (κ3) is 2.25. The second-order valence-corrected chi connectivity index (χ2v) is 4.13. The van der Waals surface area contributed by atoms with Gasteiger partial charge < -0.3 is 9.26 Å². The van der Waals surface area contributed by atoms with Crippen LogP contribution in [-0.2, 0) is 0 Å². The van der Waals surface area contributed by atoms with Crippen LogP contribution in [0.5, 0.6) is 5.75 Å². The Morgan fingerprint density at radius 2 is 1.95 bits per heavy atom. The van der Waals surface area contributed by atoms with Crippen molar-refractivity contribution < 1.29 is 13.7 Å². The van der Waals surface area contributed by atoms with Gasteiger partial charge in [-0.25, -0.2) is 4.39 Å². The minimum absolute atomic E-state index is 0.154. The summed E-state index contributed by atoms with van der Waals surface area (Å²) in [6, 6.07) is 13.5. The Balaban J connectivity index is 2.00. The maximum atomic E-state index is 13.7. The summed E-state index contributed by atoms with van der Waals surface area (Å²) in [5.41, 5.74) is 1.03. The van der Waals surface area contributed by atoms with Gasteiger partial charge in [-0.15, -0.1) is 0 Å². The molecule has 0 spiro atoms. The summed E-state index contributed by atoms with van der Waals surface area (Å²) in [6.45, 7) is 0. The fourth-order valence-corrected chi connectivity index (χ4v) is 1.85. The van der Waals surface area contributed by atoms with Gasteiger partial charge in [0.05, 0.1) is 12.7 Å². The van der Waals surface area contributed by atoms with Crippen LogP contribution in [0.2, 0.25) is 0 Å². The van der Waals surface area contributed by atoms with E-state index in [2.05, 4.69) is 10.1 Å². The summed E-state index contributed by atoms with van der Waals surface area (Å²) in [7, 11) is 1.58.